The van der Waals surface area contributed by atoms with Gasteiger partial charge in [-0.25, -0.2) is 9.67 Å². The normalized spacial score (nSPS) is 15.3. The molecule has 2 heterocycles. The zero-order valence-electron chi connectivity index (χ0n) is 20.8. The zero-order chi connectivity index (χ0) is 28.3. The molecule has 8 nitrogen and oxygen atoms in total. The van der Waals surface area contributed by atoms with Crippen molar-refractivity contribution in [2.24, 2.45) is 10.2 Å². The van der Waals surface area contributed by atoms with Gasteiger partial charge in [-0.05, 0) is 48.4 Å². The van der Waals surface area contributed by atoms with E-state index in [0.29, 0.717) is 39.6 Å². The van der Waals surface area contributed by atoms with Gasteiger partial charge in [0, 0.05) is 17.7 Å². The van der Waals surface area contributed by atoms with E-state index in [4.69, 9.17) is 11.6 Å². The minimum Gasteiger partial charge on any atom is -0.406 e. The second-order valence-corrected chi connectivity index (χ2v) is 10.0. The van der Waals surface area contributed by atoms with Crippen molar-refractivity contribution in [1.29, 1.82) is 0 Å². The summed E-state index contributed by atoms with van der Waals surface area (Å²) in [5, 5.41) is 13.8. The first kappa shape index (κ1) is 27.4. The van der Waals surface area contributed by atoms with E-state index in [2.05, 4.69) is 25.0 Å². The van der Waals surface area contributed by atoms with Crippen LogP contribution in [0.4, 0.5) is 18.9 Å². The lowest BCUT2D eigenvalue weighted by atomic mass is 10.1. The Labute approximate surface area is 236 Å². The number of anilines is 1. The highest BCUT2D eigenvalue weighted by molar-refractivity contribution is 8.14. The number of amidine groups is 1. The van der Waals surface area contributed by atoms with Crippen molar-refractivity contribution in [1.82, 2.24) is 14.8 Å². The van der Waals surface area contributed by atoms with E-state index >= 15 is 0 Å². The average molecular weight is 585 g/mol. The molecule has 13 heteroatoms. The fourth-order valence-corrected chi connectivity index (χ4v) is 5.09. The molecule has 3 aromatic carbocycles. The second kappa shape index (κ2) is 11.5. The molecule has 1 amide bonds. The quantitative estimate of drug-likeness (QED) is 0.187. The summed E-state index contributed by atoms with van der Waals surface area (Å²) < 4.78 is 42.5. The molecule has 0 bridgehead atoms. The first-order valence-electron chi connectivity index (χ1n) is 11.9. The van der Waals surface area contributed by atoms with Crippen LogP contribution in [0.15, 0.2) is 83.3 Å². The average Bonchev–Trinajstić information content (AvgIpc) is 3.40. The Morgan fingerprint density at radius 2 is 1.82 bits per heavy atom. The minimum absolute atomic E-state index is 0.0919. The maximum absolute atomic E-state index is 12.7. The van der Waals surface area contributed by atoms with E-state index in [1.807, 2.05) is 43.3 Å². The van der Waals surface area contributed by atoms with Crippen molar-refractivity contribution < 1.29 is 22.7 Å². The SMILES string of the molecule is Cc1cccc(Cl)c1N1C(=O)CCSC1=NN=Cc1ccc(-c2ncn(-c3ccc(OC(F)(F)F)cc3)n2)cc1. The van der Waals surface area contributed by atoms with Crippen LogP contribution in [-0.4, -0.2) is 44.2 Å². The van der Waals surface area contributed by atoms with Gasteiger partial charge in [-0.3, -0.25) is 9.69 Å². The Balaban J connectivity index is 1.29. The van der Waals surface area contributed by atoms with Gasteiger partial charge >= 0.3 is 6.36 Å². The highest BCUT2D eigenvalue weighted by atomic mass is 35.5. The third-order valence-corrected chi connectivity index (χ3v) is 6.98. The van der Waals surface area contributed by atoms with Crippen molar-refractivity contribution in [3.05, 3.63) is 89.2 Å². The lowest BCUT2D eigenvalue weighted by Crippen LogP contribution is -2.39. The molecule has 204 valence electrons. The number of amides is 1. The van der Waals surface area contributed by atoms with Crippen molar-refractivity contribution in [2.45, 2.75) is 19.7 Å². The largest absolute Gasteiger partial charge is 0.573 e. The lowest BCUT2D eigenvalue weighted by Gasteiger charge is -2.28. The molecule has 4 aromatic rings. The molecule has 0 saturated carbocycles. The highest BCUT2D eigenvalue weighted by Crippen LogP contribution is 2.34. The molecule has 40 heavy (non-hydrogen) atoms. The van der Waals surface area contributed by atoms with Gasteiger partial charge < -0.3 is 4.74 Å². The Morgan fingerprint density at radius 3 is 2.52 bits per heavy atom. The van der Waals surface area contributed by atoms with E-state index in [1.54, 1.807) is 12.3 Å². The van der Waals surface area contributed by atoms with E-state index in [-0.39, 0.29) is 11.7 Å². The molecule has 0 aliphatic carbocycles. The number of hydrogen-bond donors (Lipinski definition) is 0. The van der Waals surface area contributed by atoms with Crippen molar-refractivity contribution in [3.63, 3.8) is 0 Å². The second-order valence-electron chi connectivity index (χ2n) is 8.54. The highest BCUT2D eigenvalue weighted by Gasteiger charge is 2.31. The van der Waals surface area contributed by atoms with Crippen LogP contribution in [-0.2, 0) is 4.79 Å². The monoisotopic (exact) mass is 584 g/mol. The van der Waals surface area contributed by atoms with Gasteiger partial charge in [0.05, 0.1) is 22.6 Å². The molecule has 0 atom stereocenters. The third-order valence-electron chi connectivity index (χ3n) is 5.75. The number of halogens is 4. The first-order chi connectivity index (χ1) is 19.2. The van der Waals surface area contributed by atoms with Crippen LogP contribution in [0.25, 0.3) is 17.1 Å². The molecular formula is C27H20ClF3N6O2S. The summed E-state index contributed by atoms with van der Waals surface area (Å²) in [4.78, 5) is 18.5. The lowest BCUT2D eigenvalue weighted by molar-refractivity contribution is -0.274. The molecule has 0 spiro atoms. The molecule has 1 aliphatic heterocycles. The van der Waals surface area contributed by atoms with Crippen LogP contribution in [0.3, 0.4) is 0 Å². The summed E-state index contributed by atoms with van der Waals surface area (Å²) in [6.45, 7) is 1.89. The number of nitrogens with zero attached hydrogens (tertiary/aromatic N) is 6. The summed E-state index contributed by atoms with van der Waals surface area (Å²) in [6, 6.07) is 18.0. The molecule has 1 saturated heterocycles. The van der Waals surface area contributed by atoms with Crippen molar-refractivity contribution in [2.75, 3.05) is 10.7 Å². The van der Waals surface area contributed by atoms with Gasteiger partial charge in [-0.1, -0.05) is 59.8 Å². The Morgan fingerprint density at radius 1 is 1.07 bits per heavy atom. The van der Waals surface area contributed by atoms with Crippen LogP contribution in [0, 0.1) is 6.92 Å². The fourth-order valence-electron chi connectivity index (χ4n) is 3.90. The number of hydrogen-bond acceptors (Lipinski definition) is 7. The number of carbonyl (C=O) groups is 1. The number of alkyl halides is 3. The van der Waals surface area contributed by atoms with Crippen LogP contribution in [0.5, 0.6) is 5.75 Å². The topological polar surface area (TPSA) is 85.0 Å². The number of aryl methyl sites for hydroxylation is 1. The summed E-state index contributed by atoms with van der Waals surface area (Å²) in [5.74, 6) is 0.625. The van der Waals surface area contributed by atoms with Gasteiger partial charge in [0.2, 0.25) is 5.91 Å². The van der Waals surface area contributed by atoms with Crippen LogP contribution in [0.2, 0.25) is 5.02 Å². The molecule has 0 N–H and O–H groups in total. The molecule has 5 rings (SSSR count). The molecule has 0 unspecified atom stereocenters. The Bertz CT molecular complexity index is 1570. The number of ether oxygens (including phenoxy) is 1. The molecule has 0 radical (unpaired) electrons. The predicted octanol–water partition coefficient (Wildman–Crippen LogP) is 6.65. The number of para-hydroxylation sites is 1. The van der Waals surface area contributed by atoms with E-state index in [0.717, 1.165) is 16.7 Å². The predicted molar refractivity (Wildman–Crippen MR) is 149 cm³/mol. The molecular weight excluding hydrogens is 565 g/mol. The summed E-state index contributed by atoms with van der Waals surface area (Å²) in [7, 11) is 0. The number of aromatic nitrogens is 3. The van der Waals surface area contributed by atoms with E-state index < -0.39 is 6.36 Å². The summed E-state index contributed by atoms with van der Waals surface area (Å²) in [6.07, 6.45) is -1.34. The van der Waals surface area contributed by atoms with Crippen LogP contribution >= 0.6 is 23.4 Å². The summed E-state index contributed by atoms with van der Waals surface area (Å²) in [5.41, 5.74) is 3.49. The Hall–Kier alpha value is -4.16. The minimum atomic E-state index is -4.75. The number of benzene rings is 3. The van der Waals surface area contributed by atoms with Gasteiger partial charge in [0.25, 0.3) is 0 Å². The smallest absolute Gasteiger partial charge is 0.406 e. The van der Waals surface area contributed by atoms with Crippen LogP contribution < -0.4 is 9.64 Å². The summed E-state index contributed by atoms with van der Waals surface area (Å²) >= 11 is 7.83. The van der Waals surface area contributed by atoms with Gasteiger partial charge in [0.15, 0.2) is 11.0 Å². The first-order valence-corrected chi connectivity index (χ1v) is 13.2. The molecule has 1 fully saturated rings. The standard InChI is InChI=1S/C27H20ClF3N6O2S/c1-17-3-2-4-22(28)24(17)37-23(38)13-14-40-26(37)34-33-15-18-5-7-19(8-6-18)25-32-16-36(35-25)20-9-11-21(12-10-20)39-27(29,30)31/h2-12,15-16H,13-14H2,1H3. The zero-order valence-corrected chi connectivity index (χ0v) is 22.4. The number of carbonyl (C=O) groups excluding carboxylic acids is 1. The van der Waals surface area contributed by atoms with Gasteiger partial charge in [-0.2, -0.15) is 5.10 Å². The van der Waals surface area contributed by atoms with Crippen molar-refractivity contribution in [3.8, 4) is 22.8 Å². The molecule has 1 aromatic heterocycles. The maximum atomic E-state index is 12.7. The number of thioether (sulfide) groups is 1. The van der Waals surface area contributed by atoms with Crippen LogP contribution in [0.1, 0.15) is 17.5 Å². The number of rotatable bonds is 6. The Kier molecular flexibility index (Phi) is 7.90. The van der Waals surface area contributed by atoms with E-state index in [1.165, 1.54) is 51.9 Å². The maximum Gasteiger partial charge on any atom is 0.573 e. The molecule has 1 aliphatic rings. The fraction of sp³-hybridized carbons (Fsp3) is 0.148. The van der Waals surface area contributed by atoms with Gasteiger partial charge in [-0.15, -0.1) is 23.4 Å². The van der Waals surface area contributed by atoms with E-state index in [9.17, 15) is 18.0 Å². The third kappa shape index (κ3) is 6.35. The van der Waals surface area contributed by atoms with Gasteiger partial charge in [0.1, 0.15) is 12.1 Å². The van der Waals surface area contributed by atoms with Crippen molar-refractivity contribution >= 4 is 46.3 Å².